The maximum absolute atomic E-state index is 12.0. The summed E-state index contributed by atoms with van der Waals surface area (Å²) in [5, 5.41) is 0. The maximum Gasteiger partial charge on any atom is 0.338 e. The lowest BCUT2D eigenvalue weighted by Crippen LogP contribution is -2.08. The second-order valence-corrected chi connectivity index (χ2v) is 6.49. The molecular weight excluding hydrogens is 278 g/mol. The molecular formula is C14H15NO4S. The van der Waals surface area contributed by atoms with E-state index in [9.17, 15) is 13.2 Å². The van der Waals surface area contributed by atoms with Gasteiger partial charge in [-0.2, -0.15) is 0 Å². The highest BCUT2D eigenvalue weighted by Gasteiger charge is 2.20. The van der Waals surface area contributed by atoms with Gasteiger partial charge in [0.05, 0.1) is 17.6 Å². The van der Waals surface area contributed by atoms with Gasteiger partial charge in [0.2, 0.25) is 0 Å². The smallest absolute Gasteiger partial charge is 0.338 e. The summed E-state index contributed by atoms with van der Waals surface area (Å²) >= 11 is 0. The molecule has 1 aromatic heterocycles. The van der Waals surface area contributed by atoms with Crippen LogP contribution >= 0.6 is 0 Å². The molecule has 1 heterocycles. The number of rotatable bonds is 3. The van der Waals surface area contributed by atoms with Crippen LogP contribution in [-0.4, -0.2) is 32.7 Å². The largest absolute Gasteiger partial charge is 0.465 e. The number of methoxy groups -OCH3 is 1. The van der Waals surface area contributed by atoms with E-state index in [1.54, 1.807) is 31.3 Å². The Balaban J connectivity index is 2.76. The lowest BCUT2D eigenvalue weighted by Gasteiger charge is -2.11. The summed E-state index contributed by atoms with van der Waals surface area (Å²) in [4.78, 5) is 14.8. The highest BCUT2D eigenvalue weighted by atomic mass is 32.2. The number of hydrogen-bond donors (Lipinski definition) is 1. The lowest BCUT2D eigenvalue weighted by molar-refractivity contribution is 0.0599. The fraction of sp³-hybridized carbons (Fsp3) is 0.214. The highest BCUT2D eigenvalue weighted by molar-refractivity contribution is 7.90. The molecule has 0 bridgehead atoms. The molecule has 2 rings (SSSR count). The summed E-state index contributed by atoms with van der Waals surface area (Å²) in [6.07, 6.45) is 2.83. The fourth-order valence-corrected chi connectivity index (χ4v) is 2.93. The van der Waals surface area contributed by atoms with Crippen molar-refractivity contribution in [1.29, 1.82) is 0 Å². The molecule has 106 valence electrons. The minimum atomic E-state index is -3.47. The number of H-pyrrole nitrogens is 1. The first-order valence-electron chi connectivity index (χ1n) is 5.91. The van der Waals surface area contributed by atoms with Crippen LogP contribution in [-0.2, 0) is 14.6 Å². The Morgan fingerprint density at radius 1 is 1.30 bits per heavy atom. The van der Waals surface area contributed by atoms with Crippen molar-refractivity contribution >= 4 is 15.8 Å². The van der Waals surface area contributed by atoms with Crippen molar-refractivity contribution in [3.63, 3.8) is 0 Å². The van der Waals surface area contributed by atoms with E-state index in [0.29, 0.717) is 16.8 Å². The summed E-state index contributed by atoms with van der Waals surface area (Å²) in [5.74, 6) is -0.551. The highest BCUT2D eigenvalue weighted by Crippen LogP contribution is 2.29. The van der Waals surface area contributed by atoms with E-state index in [4.69, 9.17) is 0 Å². The number of nitrogens with one attached hydrogen (secondary N) is 1. The summed E-state index contributed by atoms with van der Waals surface area (Å²) in [6, 6.07) is 6.60. The van der Waals surface area contributed by atoms with Crippen LogP contribution in [0.15, 0.2) is 35.4 Å². The van der Waals surface area contributed by atoms with Crippen molar-refractivity contribution in [2.75, 3.05) is 13.4 Å². The first-order valence-corrected chi connectivity index (χ1v) is 7.80. The SMILES string of the molecule is COC(=O)c1cc(S(C)(=O)=O)c(-c2ccc[nH]2)cc1C. The van der Waals surface area contributed by atoms with E-state index in [1.807, 2.05) is 0 Å². The number of carbonyl (C=O) groups excluding carboxylic acids is 1. The van der Waals surface area contributed by atoms with Crippen LogP contribution in [0, 0.1) is 6.92 Å². The molecule has 0 aliphatic heterocycles. The molecule has 1 N–H and O–H groups in total. The summed E-state index contributed by atoms with van der Waals surface area (Å²) in [5.41, 5.74) is 2.14. The normalized spacial score (nSPS) is 11.3. The Morgan fingerprint density at radius 3 is 2.50 bits per heavy atom. The molecule has 0 fully saturated rings. The van der Waals surface area contributed by atoms with Crippen LogP contribution in [0.25, 0.3) is 11.3 Å². The van der Waals surface area contributed by atoms with Crippen molar-refractivity contribution in [1.82, 2.24) is 4.98 Å². The van der Waals surface area contributed by atoms with Crippen molar-refractivity contribution in [2.24, 2.45) is 0 Å². The molecule has 5 nitrogen and oxygen atoms in total. The minimum absolute atomic E-state index is 0.103. The standard InChI is InChI=1S/C14H15NO4S/c1-9-7-11(12-5-4-6-15-12)13(20(3,17)18)8-10(9)14(16)19-2/h4-8,15H,1-3H3. The minimum Gasteiger partial charge on any atom is -0.465 e. The number of ether oxygens (including phenoxy) is 1. The van der Waals surface area contributed by atoms with Crippen molar-refractivity contribution in [3.8, 4) is 11.3 Å². The van der Waals surface area contributed by atoms with Gasteiger partial charge in [-0.25, -0.2) is 13.2 Å². The van der Waals surface area contributed by atoms with Crippen LogP contribution in [0.3, 0.4) is 0 Å². The maximum atomic E-state index is 12.0. The molecule has 0 radical (unpaired) electrons. The molecule has 0 atom stereocenters. The number of benzene rings is 1. The number of aromatic amines is 1. The van der Waals surface area contributed by atoms with Gasteiger partial charge >= 0.3 is 5.97 Å². The molecule has 0 saturated heterocycles. The van der Waals surface area contributed by atoms with Crippen LogP contribution in [0.2, 0.25) is 0 Å². The fourth-order valence-electron chi connectivity index (χ4n) is 2.03. The second-order valence-electron chi connectivity index (χ2n) is 4.51. The molecule has 0 aliphatic rings. The van der Waals surface area contributed by atoms with Crippen LogP contribution < -0.4 is 0 Å². The topological polar surface area (TPSA) is 76.2 Å². The van der Waals surface area contributed by atoms with Crippen LogP contribution in [0.4, 0.5) is 0 Å². The van der Waals surface area contributed by atoms with E-state index in [1.165, 1.54) is 13.2 Å². The summed E-state index contributed by atoms with van der Waals surface area (Å²) < 4.78 is 28.6. The zero-order valence-corrected chi connectivity index (χ0v) is 12.2. The predicted molar refractivity (Wildman–Crippen MR) is 75.4 cm³/mol. The van der Waals surface area contributed by atoms with Gasteiger partial charge in [-0.15, -0.1) is 0 Å². The Bertz CT molecular complexity index is 746. The van der Waals surface area contributed by atoms with E-state index < -0.39 is 15.8 Å². The Hall–Kier alpha value is -2.08. The molecule has 1 aromatic carbocycles. The predicted octanol–water partition coefficient (Wildman–Crippen LogP) is 2.18. The summed E-state index contributed by atoms with van der Waals surface area (Å²) in [7, 11) is -2.20. The molecule has 2 aromatic rings. The monoisotopic (exact) mass is 293 g/mol. The molecule has 0 spiro atoms. The average Bonchev–Trinajstić information content (AvgIpc) is 2.89. The Labute approximate surface area is 117 Å². The van der Waals surface area contributed by atoms with E-state index >= 15 is 0 Å². The third kappa shape index (κ3) is 2.60. The molecule has 0 aliphatic carbocycles. The van der Waals surface area contributed by atoms with Gasteiger partial charge in [0.1, 0.15) is 0 Å². The third-order valence-electron chi connectivity index (χ3n) is 3.02. The van der Waals surface area contributed by atoms with Gasteiger partial charge in [-0.1, -0.05) is 0 Å². The molecule has 0 saturated carbocycles. The molecule has 6 heteroatoms. The zero-order chi connectivity index (χ0) is 14.9. The molecule has 20 heavy (non-hydrogen) atoms. The van der Waals surface area contributed by atoms with Gasteiger partial charge in [-0.05, 0) is 36.8 Å². The van der Waals surface area contributed by atoms with Gasteiger partial charge in [0, 0.05) is 23.7 Å². The van der Waals surface area contributed by atoms with Gasteiger partial charge in [0.15, 0.2) is 9.84 Å². The van der Waals surface area contributed by atoms with Crippen LogP contribution in [0.5, 0.6) is 0 Å². The first-order chi connectivity index (χ1) is 9.34. The third-order valence-corrected chi connectivity index (χ3v) is 4.16. The first kappa shape index (κ1) is 14.3. The van der Waals surface area contributed by atoms with E-state index in [0.717, 1.165) is 6.26 Å². The van der Waals surface area contributed by atoms with Gasteiger partial charge < -0.3 is 9.72 Å². The molecule has 0 amide bonds. The number of hydrogen-bond acceptors (Lipinski definition) is 4. The lowest BCUT2D eigenvalue weighted by atomic mass is 10.0. The van der Waals surface area contributed by atoms with Crippen molar-refractivity contribution in [2.45, 2.75) is 11.8 Å². The summed E-state index contributed by atoms with van der Waals surface area (Å²) in [6.45, 7) is 1.74. The number of aryl methyl sites for hydroxylation is 1. The quantitative estimate of drug-likeness (QED) is 0.880. The van der Waals surface area contributed by atoms with Crippen molar-refractivity contribution < 1.29 is 17.9 Å². The Morgan fingerprint density at radius 2 is 2.00 bits per heavy atom. The van der Waals surface area contributed by atoms with E-state index in [2.05, 4.69) is 9.72 Å². The van der Waals surface area contributed by atoms with Crippen LogP contribution in [0.1, 0.15) is 15.9 Å². The van der Waals surface area contributed by atoms with Crippen molar-refractivity contribution in [3.05, 3.63) is 41.6 Å². The Kier molecular flexibility index (Phi) is 3.67. The number of sulfone groups is 1. The molecule has 0 unspecified atom stereocenters. The van der Waals surface area contributed by atoms with E-state index in [-0.39, 0.29) is 10.5 Å². The average molecular weight is 293 g/mol. The number of carbonyl (C=O) groups is 1. The second kappa shape index (κ2) is 5.13. The van der Waals surface area contributed by atoms with Gasteiger partial charge in [0.25, 0.3) is 0 Å². The van der Waals surface area contributed by atoms with Gasteiger partial charge in [-0.3, -0.25) is 0 Å². The zero-order valence-electron chi connectivity index (χ0n) is 11.4. The number of esters is 1. The number of aromatic nitrogens is 1.